The number of nitrogens with zero attached hydrogens (tertiary/aromatic N) is 2. The van der Waals surface area contributed by atoms with Crippen molar-refractivity contribution in [2.75, 3.05) is 0 Å². The summed E-state index contributed by atoms with van der Waals surface area (Å²) in [7, 11) is 0. The van der Waals surface area contributed by atoms with E-state index in [2.05, 4.69) is 50.0 Å². The van der Waals surface area contributed by atoms with E-state index in [0.29, 0.717) is 0 Å². The van der Waals surface area contributed by atoms with E-state index in [0.717, 1.165) is 36.1 Å². The third-order valence-corrected chi connectivity index (χ3v) is 3.99. The van der Waals surface area contributed by atoms with Gasteiger partial charge in [0, 0.05) is 20.4 Å². The van der Waals surface area contributed by atoms with Crippen LogP contribution >= 0.6 is 31.9 Å². The van der Waals surface area contributed by atoms with E-state index < -0.39 is 0 Å². The zero-order valence-electron chi connectivity index (χ0n) is 8.87. The molecule has 0 spiro atoms. The molecule has 0 atom stereocenters. The van der Waals surface area contributed by atoms with Gasteiger partial charge in [-0.25, -0.2) is 4.98 Å². The van der Waals surface area contributed by atoms with Crippen LogP contribution in [0.1, 0.15) is 0 Å². The van der Waals surface area contributed by atoms with Crippen molar-refractivity contribution >= 4 is 61.7 Å². The van der Waals surface area contributed by atoms with Crippen molar-refractivity contribution in [3.63, 3.8) is 0 Å². The summed E-state index contributed by atoms with van der Waals surface area (Å²) in [6.07, 6.45) is 1.98. The summed E-state index contributed by atoms with van der Waals surface area (Å²) in [4.78, 5) is 4.58. The molecule has 0 saturated heterocycles. The lowest BCUT2D eigenvalue weighted by atomic mass is 10.3. The van der Waals surface area contributed by atoms with Crippen LogP contribution in [0.5, 0.6) is 0 Å². The van der Waals surface area contributed by atoms with Gasteiger partial charge in [0.05, 0.1) is 11.0 Å². The fraction of sp³-hybridized carbons (Fsp3) is 0. The number of imidazole rings is 1. The van der Waals surface area contributed by atoms with E-state index in [4.69, 9.17) is 0 Å². The molecule has 0 radical (unpaired) electrons. The van der Waals surface area contributed by atoms with Crippen molar-refractivity contribution in [1.82, 2.24) is 9.38 Å². The Morgan fingerprint density at radius 2 is 1.88 bits per heavy atom. The van der Waals surface area contributed by atoms with Crippen molar-refractivity contribution in [3.05, 3.63) is 43.8 Å². The molecule has 0 N–H and O–H groups in total. The average molecular weight is 352 g/mol. The molecule has 2 heterocycles. The van der Waals surface area contributed by atoms with Gasteiger partial charge >= 0.3 is 0 Å². The summed E-state index contributed by atoms with van der Waals surface area (Å²) in [6, 6.07) is 6.02. The highest BCUT2D eigenvalue weighted by atomic mass is 79.9. The van der Waals surface area contributed by atoms with Gasteiger partial charge in [0.15, 0.2) is 0 Å². The van der Waals surface area contributed by atoms with Gasteiger partial charge in [-0.2, -0.15) is 0 Å². The van der Waals surface area contributed by atoms with Crippen molar-refractivity contribution in [2.24, 2.45) is 0 Å². The SMILES string of the molecule is C=c1c(Br)cn2c(nc3ccc(Br)cc32)c1=C. The minimum Gasteiger partial charge on any atom is -0.298 e. The number of aromatic nitrogens is 2. The van der Waals surface area contributed by atoms with Crippen LogP contribution in [-0.4, -0.2) is 9.38 Å². The molecule has 2 nitrogen and oxygen atoms in total. The number of rotatable bonds is 0. The van der Waals surface area contributed by atoms with E-state index in [1.165, 1.54) is 0 Å². The van der Waals surface area contributed by atoms with Crippen LogP contribution in [0.4, 0.5) is 0 Å². The van der Waals surface area contributed by atoms with E-state index in [1.807, 2.05) is 28.8 Å². The first-order valence-electron chi connectivity index (χ1n) is 5.01. The van der Waals surface area contributed by atoms with Crippen LogP contribution in [0.15, 0.2) is 33.3 Å². The van der Waals surface area contributed by atoms with Gasteiger partial charge in [-0.15, -0.1) is 0 Å². The number of hydrogen-bond acceptors (Lipinski definition) is 1. The Hall–Kier alpha value is -1.13. The maximum Gasteiger partial charge on any atom is 0.145 e. The Morgan fingerprint density at radius 3 is 2.65 bits per heavy atom. The summed E-state index contributed by atoms with van der Waals surface area (Å²) in [5.41, 5.74) is 2.86. The molecule has 2 aromatic heterocycles. The molecule has 0 unspecified atom stereocenters. The first-order valence-corrected chi connectivity index (χ1v) is 6.60. The smallest absolute Gasteiger partial charge is 0.145 e. The predicted octanol–water partition coefficient (Wildman–Crippen LogP) is 2.83. The topological polar surface area (TPSA) is 17.3 Å². The van der Waals surface area contributed by atoms with Crippen molar-refractivity contribution < 1.29 is 0 Å². The van der Waals surface area contributed by atoms with Gasteiger partial charge in [-0.1, -0.05) is 29.1 Å². The molecule has 0 bridgehead atoms. The molecule has 17 heavy (non-hydrogen) atoms. The molecule has 0 aliphatic carbocycles. The molecule has 3 aromatic rings. The normalized spacial score (nSPS) is 11.4. The van der Waals surface area contributed by atoms with Crippen molar-refractivity contribution in [2.45, 2.75) is 0 Å². The van der Waals surface area contributed by atoms with Crippen LogP contribution in [0.2, 0.25) is 0 Å². The molecule has 84 valence electrons. The zero-order chi connectivity index (χ0) is 12.2. The number of benzene rings is 1. The summed E-state index contributed by atoms with van der Waals surface area (Å²) >= 11 is 6.97. The maximum atomic E-state index is 4.58. The van der Waals surface area contributed by atoms with Crippen molar-refractivity contribution in [3.8, 4) is 0 Å². The lowest BCUT2D eigenvalue weighted by molar-refractivity contribution is 1.18. The first kappa shape index (κ1) is 11.0. The standard InChI is InChI=1S/C13H8Br2N2/c1-7-8(2)13-16-11-4-3-9(14)5-12(11)17(13)6-10(7)15/h3-6H,1-2H2. The molecule has 0 aliphatic rings. The van der Waals surface area contributed by atoms with E-state index in [-0.39, 0.29) is 0 Å². The Labute approximate surface area is 115 Å². The summed E-state index contributed by atoms with van der Waals surface area (Å²) in [5.74, 6) is 0. The lowest BCUT2D eigenvalue weighted by Gasteiger charge is -1.99. The third-order valence-electron chi connectivity index (χ3n) is 2.82. The molecule has 0 saturated carbocycles. The van der Waals surface area contributed by atoms with Crippen LogP contribution in [0.3, 0.4) is 0 Å². The fourth-order valence-corrected chi connectivity index (χ4v) is 2.67. The fourth-order valence-electron chi connectivity index (χ4n) is 1.88. The Bertz CT molecular complexity index is 849. The van der Waals surface area contributed by atoms with Crippen LogP contribution in [0.25, 0.3) is 29.8 Å². The van der Waals surface area contributed by atoms with E-state index in [1.54, 1.807) is 0 Å². The quantitative estimate of drug-likeness (QED) is 0.608. The van der Waals surface area contributed by atoms with E-state index in [9.17, 15) is 0 Å². The second-order valence-electron chi connectivity index (χ2n) is 3.87. The molecule has 3 rings (SSSR count). The van der Waals surface area contributed by atoms with Gasteiger partial charge in [0.1, 0.15) is 5.65 Å². The molecule has 0 fully saturated rings. The minimum atomic E-state index is 0.853. The van der Waals surface area contributed by atoms with Crippen LogP contribution in [-0.2, 0) is 0 Å². The van der Waals surface area contributed by atoms with Crippen LogP contribution < -0.4 is 10.4 Å². The summed E-state index contributed by atoms with van der Waals surface area (Å²) < 4.78 is 4.00. The van der Waals surface area contributed by atoms with E-state index >= 15 is 0 Å². The maximum absolute atomic E-state index is 4.58. The number of fused-ring (bicyclic) bond motifs is 3. The molecule has 0 aliphatic heterocycles. The van der Waals surface area contributed by atoms with Gasteiger partial charge < -0.3 is 0 Å². The molecule has 1 aromatic carbocycles. The highest BCUT2D eigenvalue weighted by Gasteiger charge is 2.07. The predicted molar refractivity (Wildman–Crippen MR) is 78.4 cm³/mol. The van der Waals surface area contributed by atoms with Gasteiger partial charge in [0.2, 0.25) is 0 Å². The average Bonchev–Trinajstić information content (AvgIpc) is 2.65. The molecule has 4 heteroatoms. The van der Waals surface area contributed by atoms with Crippen LogP contribution in [0, 0.1) is 0 Å². The Kier molecular flexibility index (Phi) is 2.38. The second kappa shape index (κ2) is 3.68. The summed E-state index contributed by atoms with van der Waals surface area (Å²) in [6.45, 7) is 8.02. The van der Waals surface area contributed by atoms with Gasteiger partial charge in [-0.3, -0.25) is 4.40 Å². The third kappa shape index (κ3) is 1.55. The van der Waals surface area contributed by atoms with Crippen molar-refractivity contribution in [1.29, 1.82) is 0 Å². The zero-order valence-corrected chi connectivity index (χ0v) is 12.0. The number of pyridine rings is 1. The monoisotopic (exact) mass is 350 g/mol. The number of halogens is 2. The van der Waals surface area contributed by atoms with Gasteiger partial charge in [0.25, 0.3) is 0 Å². The highest BCUT2D eigenvalue weighted by Crippen LogP contribution is 2.20. The molecule has 0 amide bonds. The lowest BCUT2D eigenvalue weighted by Crippen LogP contribution is -2.25. The highest BCUT2D eigenvalue weighted by molar-refractivity contribution is 9.10. The Morgan fingerprint density at radius 1 is 1.12 bits per heavy atom. The minimum absolute atomic E-state index is 0.853. The first-order chi connectivity index (χ1) is 8.08. The Balaban J connectivity index is 2.67. The van der Waals surface area contributed by atoms with Gasteiger partial charge in [-0.05, 0) is 39.3 Å². The summed E-state index contributed by atoms with van der Waals surface area (Å²) in [5, 5.41) is 1.73. The number of hydrogen-bond donors (Lipinski definition) is 0. The molecular weight excluding hydrogens is 344 g/mol. The second-order valence-corrected chi connectivity index (χ2v) is 5.64. The molecular formula is C13H8Br2N2. The largest absolute Gasteiger partial charge is 0.298 e.